The second-order valence-electron chi connectivity index (χ2n) is 5.15. The lowest BCUT2D eigenvalue weighted by Crippen LogP contribution is -2.38. The molecule has 0 bridgehead atoms. The average molecular weight is 352 g/mol. The zero-order chi connectivity index (χ0) is 16.2. The number of nitrogens with zero attached hydrogens (tertiary/aromatic N) is 1. The average Bonchev–Trinajstić information content (AvgIpc) is 2.92. The Kier molecular flexibility index (Phi) is 3.54. The molecule has 1 saturated heterocycles. The van der Waals surface area contributed by atoms with Crippen LogP contribution in [0.1, 0.15) is 10.5 Å². The number of carbonyl (C=O) groups is 1. The number of H-pyrrole nitrogens is 1. The third kappa shape index (κ3) is 2.24. The van der Waals surface area contributed by atoms with Crippen LogP contribution < -0.4 is 5.73 Å². The molecule has 4 nitrogen and oxygen atoms in total. The third-order valence-electron chi connectivity index (χ3n) is 3.66. The van der Waals surface area contributed by atoms with E-state index in [4.69, 9.17) is 28.9 Å². The van der Waals surface area contributed by atoms with Gasteiger partial charge in [0.15, 0.2) is 0 Å². The Hall–Kier alpha value is -1.44. The van der Waals surface area contributed by atoms with Crippen LogP contribution in [0.15, 0.2) is 12.1 Å². The molecule has 0 radical (unpaired) electrons. The van der Waals surface area contributed by atoms with Gasteiger partial charge >= 0.3 is 0 Å². The Labute approximate surface area is 133 Å². The summed E-state index contributed by atoms with van der Waals surface area (Å²) in [6, 6.07) is 1.05. The van der Waals surface area contributed by atoms with Gasteiger partial charge in [-0.1, -0.05) is 23.2 Å². The maximum Gasteiger partial charge on any atom is 0.281 e. The number of likely N-dealkylation sites (tertiary alicyclic amines) is 1. The second kappa shape index (κ2) is 5.04. The molecular formula is C13H10Cl2F3N3O. The van der Waals surface area contributed by atoms with Crippen LogP contribution in [-0.2, 0) is 0 Å². The van der Waals surface area contributed by atoms with Gasteiger partial charge in [-0.25, -0.2) is 13.2 Å². The molecule has 3 N–H and O–H groups in total. The van der Waals surface area contributed by atoms with Crippen LogP contribution >= 0.6 is 23.2 Å². The minimum Gasteiger partial charge on any atom is -0.349 e. The number of aromatic amines is 1. The van der Waals surface area contributed by atoms with Crippen molar-refractivity contribution in [3.63, 3.8) is 0 Å². The van der Waals surface area contributed by atoms with E-state index in [0.29, 0.717) is 5.52 Å². The highest BCUT2D eigenvalue weighted by Gasteiger charge is 2.48. The van der Waals surface area contributed by atoms with Crippen molar-refractivity contribution in [1.82, 2.24) is 9.88 Å². The number of rotatable bonds is 1. The Balaban J connectivity index is 2.03. The number of fused-ring (bicyclic) bond motifs is 1. The van der Waals surface area contributed by atoms with E-state index in [9.17, 15) is 18.0 Å². The highest BCUT2D eigenvalue weighted by atomic mass is 35.5. The molecule has 1 aromatic heterocycles. The fourth-order valence-corrected chi connectivity index (χ4v) is 3.08. The first-order chi connectivity index (χ1) is 10.2. The molecule has 0 saturated carbocycles. The summed E-state index contributed by atoms with van der Waals surface area (Å²) >= 11 is 11.9. The van der Waals surface area contributed by atoms with E-state index in [2.05, 4.69) is 4.98 Å². The van der Waals surface area contributed by atoms with Crippen LogP contribution in [0.3, 0.4) is 0 Å². The number of hydrogen-bond acceptors (Lipinski definition) is 2. The van der Waals surface area contributed by atoms with Gasteiger partial charge in [-0.2, -0.15) is 0 Å². The molecular weight excluding hydrogens is 342 g/mol. The molecule has 2 aromatic rings. The molecule has 118 valence electrons. The Morgan fingerprint density at radius 3 is 2.64 bits per heavy atom. The molecule has 9 heteroatoms. The summed E-state index contributed by atoms with van der Waals surface area (Å²) in [5.74, 6) is -4.58. The Morgan fingerprint density at radius 2 is 2.05 bits per heavy atom. The maximum absolute atomic E-state index is 13.5. The quantitative estimate of drug-likeness (QED) is 0.829. The summed E-state index contributed by atoms with van der Waals surface area (Å²) in [7, 11) is 0. The van der Waals surface area contributed by atoms with Gasteiger partial charge in [0.2, 0.25) is 0 Å². The molecule has 0 unspecified atom stereocenters. The minimum absolute atomic E-state index is 0.103. The SMILES string of the molecule is N[C@H]1CN(C(=O)c2[nH]c3ccc(F)c(Cl)c3c2Cl)CC1(F)F. The molecule has 1 fully saturated rings. The van der Waals surface area contributed by atoms with Crippen LogP contribution in [-0.4, -0.2) is 40.8 Å². The highest BCUT2D eigenvalue weighted by Crippen LogP contribution is 2.36. The fraction of sp³-hybridized carbons (Fsp3) is 0.308. The first-order valence-corrected chi connectivity index (χ1v) is 7.06. The highest BCUT2D eigenvalue weighted by molar-refractivity contribution is 6.44. The van der Waals surface area contributed by atoms with E-state index in [1.807, 2.05) is 0 Å². The second-order valence-corrected chi connectivity index (χ2v) is 5.91. The van der Waals surface area contributed by atoms with E-state index in [0.717, 1.165) is 11.0 Å². The van der Waals surface area contributed by atoms with Crippen LogP contribution in [0.4, 0.5) is 13.2 Å². The number of aromatic nitrogens is 1. The molecule has 0 spiro atoms. The lowest BCUT2D eigenvalue weighted by atomic mass is 10.2. The minimum atomic E-state index is -3.15. The molecule has 1 atom stereocenters. The largest absolute Gasteiger partial charge is 0.349 e. The molecule has 1 amide bonds. The first kappa shape index (κ1) is 15.5. The van der Waals surface area contributed by atoms with Gasteiger partial charge < -0.3 is 15.6 Å². The van der Waals surface area contributed by atoms with Crippen LogP contribution in [0, 0.1) is 5.82 Å². The lowest BCUT2D eigenvalue weighted by Gasteiger charge is -2.14. The van der Waals surface area contributed by atoms with E-state index in [1.54, 1.807) is 0 Å². The fourth-order valence-electron chi connectivity index (χ4n) is 2.45. The van der Waals surface area contributed by atoms with Gasteiger partial charge in [0.05, 0.1) is 22.6 Å². The smallest absolute Gasteiger partial charge is 0.281 e. The van der Waals surface area contributed by atoms with Crippen LogP contribution in [0.25, 0.3) is 10.9 Å². The van der Waals surface area contributed by atoms with Crippen LogP contribution in [0.5, 0.6) is 0 Å². The van der Waals surface area contributed by atoms with Crippen molar-refractivity contribution in [2.45, 2.75) is 12.0 Å². The van der Waals surface area contributed by atoms with E-state index in [1.165, 1.54) is 6.07 Å². The first-order valence-electron chi connectivity index (χ1n) is 6.30. The number of nitrogens with two attached hydrogens (primary N) is 1. The van der Waals surface area contributed by atoms with E-state index < -0.39 is 30.2 Å². The molecule has 1 aliphatic heterocycles. The van der Waals surface area contributed by atoms with Crippen molar-refractivity contribution in [1.29, 1.82) is 0 Å². The van der Waals surface area contributed by atoms with E-state index in [-0.39, 0.29) is 27.7 Å². The Bertz CT molecular complexity index is 777. The van der Waals surface area contributed by atoms with Gasteiger partial charge in [0.1, 0.15) is 11.5 Å². The van der Waals surface area contributed by atoms with Crippen molar-refractivity contribution >= 4 is 40.0 Å². The van der Waals surface area contributed by atoms with Gasteiger partial charge in [0.25, 0.3) is 11.8 Å². The molecule has 1 aliphatic rings. The number of amides is 1. The number of benzene rings is 1. The topological polar surface area (TPSA) is 62.1 Å². The molecule has 3 rings (SSSR count). The predicted octanol–water partition coefficient (Wildman–Crippen LogP) is 3.03. The summed E-state index contributed by atoms with van der Waals surface area (Å²) in [4.78, 5) is 16.0. The summed E-state index contributed by atoms with van der Waals surface area (Å²) in [6.07, 6.45) is 0. The van der Waals surface area contributed by atoms with E-state index >= 15 is 0 Å². The summed E-state index contributed by atoms with van der Waals surface area (Å²) in [6.45, 7) is -1.08. The summed E-state index contributed by atoms with van der Waals surface area (Å²) < 4.78 is 40.4. The standard InChI is InChI=1S/C13H10Cl2F3N3O/c14-9-5(16)1-2-6-8(9)10(15)11(20-6)12(22)21-3-7(19)13(17,18)4-21/h1-2,7,20H,3-4,19H2/t7-/m0/s1. The summed E-state index contributed by atoms with van der Waals surface area (Å²) in [5.41, 5.74) is 5.54. The third-order valence-corrected chi connectivity index (χ3v) is 4.40. The zero-order valence-electron chi connectivity index (χ0n) is 11.0. The number of carbonyl (C=O) groups excluding carboxylic acids is 1. The monoisotopic (exact) mass is 351 g/mol. The molecule has 2 heterocycles. The number of halogens is 5. The van der Waals surface area contributed by atoms with Crippen molar-refractivity contribution in [3.05, 3.63) is 33.7 Å². The molecule has 22 heavy (non-hydrogen) atoms. The van der Waals surface area contributed by atoms with Gasteiger partial charge in [-0.3, -0.25) is 4.79 Å². The van der Waals surface area contributed by atoms with Crippen LogP contribution in [0.2, 0.25) is 10.0 Å². The van der Waals surface area contributed by atoms with Gasteiger partial charge in [0, 0.05) is 17.4 Å². The zero-order valence-corrected chi connectivity index (χ0v) is 12.5. The molecule has 1 aromatic carbocycles. The number of nitrogens with one attached hydrogen (secondary N) is 1. The van der Waals surface area contributed by atoms with Gasteiger partial charge in [-0.05, 0) is 12.1 Å². The normalized spacial score (nSPS) is 20.8. The van der Waals surface area contributed by atoms with Gasteiger partial charge in [-0.15, -0.1) is 0 Å². The number of alkyl halides is 2. The maximum atomic E-state index is 13.5. The van der Waals surface area contributed by atoms with Crippen molar-refractivity contribution in [2.24, 2.45) is 5.73 Å². The molecule has 0 aliphatic carbocycles. The van der Waals surface area contributed by atoms with Crippen molar-refractivity contribution in [3.8, 4) is 0 Å². The summed E-state index contributed by atoms with van der Waals surface area (Å²) in [5, 5.41) is -0.198. The van der Waals surface area contributed by atoms with Crippen molar-refractivity contribution in [2.75, 3.05) is 13.1 Å². The predicted molar refractivity (Wildman–Crippen MR) is 77.1 cm³/mol. The van der Waals surface area contributed by atoms with Crippen molar-refractivity contribution < 1.29 is 18.0 Å². The number of hydrogen-bond donors (Lipinski definition) is 2. The lowest BCUT2D eigenvalue weighted by molar-refractivity contribution is -0.000424. The Morgan fingerprint density at radius 1 is 1.36 bits per heavy atom.